The third-order valence-electron chi connectivity index (χ3n) is 3.20. The number of anilines is 1. The number of rotatable bonds is 3. The summed E-state index contributed by atoms with van der Waals surface area (Å²) in [6.07, 6.45) is 1.48. The monoisotopic (exact) mass is 305 g/mol. The first kappa shape index (κ1) is 14.3. The Labute approximate surface area is 131 Å². The third-order valence-corrected chi connectivity index (χ3v) is 3.20. The lowest BCUT2D eigenvalue weighted by Gasteiger charge is -2.02. The zero-order valence-corrected chi connectivity index (χ0v) is 11.9. The molecule has 0 saturated heterocycles. The van der Waals surface area contributed by atoms with Gasteiger partial charge in [0, 0.05) is 5.56 Å². The van der Waals surface area contributed by atoms with Crippen molar-refractivity contribution in [3.8, 4) is 6.07 Å². The smallest absolute Gasteiger partial charge is 0.256 e. The van der Waals surface area contributed by atoms with Crippen molar-refractivity contribution >= 4 is 28.9 Å². The van der Waals surface area contributed by atoms with E-state index in [-0.39, 0.29) is 5.91 Å². The second-order valence-electron chi connectivity index (χ2n) is 4.71. The molecule has 0 aliphatic carbocycles. The lowest BCUT2D eigenvalue weighted by atomic mass is 10.1. The number of nitrogens with two attached hydrogens (primary N) is 1. The van der Waals surface area contributed by atoms with Gasteiger partial charge in [0.15, 0.2) is 11.4 Å². The molecule has 0 aliphatic rings. The Kier molecular flexibility index (Phi) is 3.72. The molecule has 0 fully saturated rings. The first-order valence-corrected chi connectivity index (χ1v) is 6.65. The molecule has 0 saturated carbocycles. The number of carbonyl (C=O) groups excluding carboxylic acids is 1. The van der Waals surface area contributed by atoms with Gasteiger partial charge in [-0.2, -0.15) is 10.4 Å². The van der Waals surface area contributed by atoms with E-state index in [4.69, 9.17) is 15.6 Å². The number of nitriles is 1. The first-order chi connectivity index (χ1) is 11.2. The minimum absolute atomic E-state index is 0.291. The van der Waals surface area contributed by atoms with E-state index in [2.05, 4.69) is 15.6 Å². The van der Waals surface area contributed by atoms with E-state index in [0.29, 0.717) is 27.9 Å². The van der Waals surface area contributed by atoms with Crippen LogP contribution >= 0.6 is 0 Å². The van der Waals surface area contributed by atoms with E-state index < -0.39 is 0 Å². The summed E-state index contributed by atoms with van der Waals surface area (Å²) in [4.78, 5) is 12.3. The number of nitrogens with one attached hydrogen (secondary N) is 1. The Morgan fingerprint density at radius 3 is 3.00 bits per heavy atom. The summed E-state index contributed by atoms with van der Waals surface area (Å²) >= 11 is 0. The molecule has 2 aromatic carbocycles. The fourth-order valence-corrected chi connectivity index (χ4v) is 2.12. The normalized spacial score (nSPS) is 10.7. The summed E-state index contributed by atoms with van der Waals surface area (Å²) in [5, 5.41) is 19.5. The fourth-order valence-electron chi connectivity index (χ4n) is 2.12. The van der Waals surface area contributed by atoms with Crippen molar-refractivity contribution in [3.05, 3.63) is 59.2 Å². The standard InChI is InChI=1S/C16H11N5O2/c17-8-10-2-1-3-12(6-10)16(22)20-15-13-7-11(9-19-18)4-5-14(13)23-21-15/h1-7,9H,18H2,(H,20,21,22). The lowest BCUT2D eigenvalue weighted by Crippen LogP contribution is -2.12. The van der Waals surface area contributed by atoms with Crippen molar-refractivity contribution < 1.29 is 9.32 Å². The zero-order chi connectivity index (χ0) is 16.2. The molecule has 0 unspecified atom stereocenters. The van der Waals surface area contributed by atoms with E-state index >= 15 is 0 Å². The zero-order valence-electron chi connectivity index (χ0n) is 11.9. The van der Waals surface area contributed by atoms with Gasteiger partial charge in [0.05, 0.1) is 23.2 Å². The number of fused-ring (bicyclic) bond motifs is 1. The van der Waals surface area contributed by atoms with Crippen LogP contribution in [0.1, 0.15) is 21.5 Å². The van der Waals surface area contributed by atoms with Crippen LogP contribution in [0.5, 0.6) is 0 Å². The fraction of sp³-hybridized carbons (Fsp3) is 0. The first-order valence-electron chi connectivity index (χ1n) is 6.65. The maximum absolute atomic E-state index is 12.3. The highest BCUT2D eigenvalue weighted by Crippen LogP contribution is 2.24. The van der Waals surface area contributed by atoms with Gasteiger partial charge in [-0.1, -0.05) is 11.2 Å². The molecule has 23 heavy (non-hydrogen) atoms. The van der Waals surface area contributed by atoms with Crippen LogP contribution in [0, 0.1) is 11.3 Å². The summed E-state index contributed by atoms with van der Waals surface area (Å²) < 4.78 is 5.17. The summed E-state index contributed by atoms with van der Waals surface area (Å²) in [5.74, 6) is 5.05. The second-order valence-corrected chi connectivity index (χ2v) is 4.71. The Hall–Kier alpha value is -3.66. The highest BCUT2D eigenvalue weighted by atomic mass is 16.5. The minimum Gasteiger partial charge on any atom is -0.354 e. The molecule has 1 heterocycles. The van der Waals surface area contributed by atoms with Gasteiger partial charge in [-0.25, -0.2) is 0 Å². The van der Waals surface area contributed by atoms with Crippen LogP contribution in [-0.2, 0) is 0 Å². The van der Waals surface area contributed by atoms with Crippen molar-refractivity contribution in [2.24, 2.45) is 10.9 Å². The number of aromatic nitrogens is 1. The topological polar surface area (TPSA) is 117 Å². The van der Waals surface area contributed by atoms with Crippen molar-refractivity contribution in [3.63, 3.8) is 0 Å². The van der Waals surface area contributed by atoms with Crippen molar-refractivity contribution in [1.82, 2.24) is 5.16 Å². The Morgan fingerprint density at radius 2 is 2.22 bits per heavy atom. The molecule has 1 aromatic heterocycles. The van der Waals surface area contributed by atoms with Gasteiger partial charge >= 0.3 is 0 Å². The summed E-state index contributed by atoms with van der Waals surface area (Å²) in [6.45, 7) is 0. The number of carbonyl (C=O) groups is 1. The second kappa shape index (κ2) is 5.99. The molecule has 0 atom stereocenters. The summed E-state index contributed by atoms with van der Waals surface area (Å²) in [7, 11) is 0. The van der Waals surface area contributed by atoms with E-state index in [0.717, 1.165) is 5.56 Å². The molecule has 7 heteroatoms. The van der Waals surface area contributed by atoms with Gasteiger partial charge in [-0.05, 0) is 42.0 Å². The van der Waals surface area contributed by atoms with Gasteiger partial charge in [-0.3, -0.25) is 4.79 Å². The largest absolute Gasteiger partial charge is 0.354 e. The maximum Gasteiger partial charge on any atom is 0.256 e. The maximum atomic E-state index is 12.3. The van der Waals surface area contributed by atoms with Gasteiger partial charge < -0.3 is 15.7 Å². The lowest BCUT2D eigenvalue weighted by molar-refractivity contribution is 0.102. The van der Waals surface area contributed by atoms with Crippen molar-refractivity contribution in [2.75, 3.05) is 5.32 Å². The molecule has 0 bridgehead atoms. The Bertz CT molecular complexity index is 953. The van der Waals surface area contributed by atoms with Gasteiger partial charge in [-0.15, -0.1) is 0 Å². The molecule has 0 aliphatic heterocycles. The molecule has 0 spiro atoms. The highest BCUT2D eigenvalue weighted by molar-refractivity contribution is 6.08. The third kappa shape index (κ3) is 2.87. The average molecular weight is 305 g/mol. The average Bonchev–Trinajstić information content (AvgIpc) is 2.97. The van der Waals surface area contributed by atoms with E-state index in [1.807, 2.05) is 6.07 Å². The molecular weight excluding hydrogens is 294 g/mol. The molecule has 3 rings (SSSR count). The minimum atomic E-state index is -0.379. The highest BCUT2D eigenvalue weighted by Gasteiger charge is 2.13. The van der Waals surface area contributed by atoms with Crippen molar-refractivity contribution in [2.45, 2.75) is 0 Å². The quantitative estimate of drug-likeness (QED) is 0.437. The predicted octanol–water partition coefficient (Wildman–Crippen LogP) is 2.24. The van der Waals surface area contributed by atoms with Crippen LogP contribution in [0.4, 0.5) is 5.82 Å². The number of hydrogen-bond donors (Lipinski definition) is 2. The number of benzene rings is 2. The molecular formula is C16H11N5O2. The van der Waals surface area contributed by atoms with Crippen LogP contribution in [-0.4, -0.2) is 17.3 Å². The van der Waals surface area contributed by atoms with Gasteiger partial charge in [0.25, 0.3) is 5.91 Å². The number of nitrogens with zero attached hydrogens (tertiary/aromatic N) is 3. The Morgan fingerprint density at radius 1 is 1.35 bits per heavy atom. The molecule has 3 N–H and O–H groups in total. The van der Waals surface area contributed by atoms with Crippen molar-refractivity contribution in [1.29, 1.82) is 5.26 Å². The number of hydrazone groups is 1. The van der Waals surface area contributed by atoms with E-state index in [1.165, 1.54) is 12.3 Å². The van der Waals surface area contributed by atoms with Crippen LogP contribution < -0.4 is 11.2 Å². The summed E-state index contributed by atoms with van der Waals surface area (Å²) in [6, 6.07) is 13.6. The van der Waals surface area contributed by atoms with Crippen LogP contribution in [0.25, 0.3) is 11.0 Å². The van der Waals surface area contributed by atoms with E-state index in [1.54, 1.807) is 36.4 Å². The Balaban J connectivity index is 1.93. The van der Waals surface area contributed by atoms with Gasteiger partial charge in [0.1, 0.15) is 0 Å². The van der Waals surface area contributed by atoms with Crippen LogP contribution in [0.15, 0.2) is 52.1 Å². The van der Waals surface area contributed by atoms with Crippen LogP contribution in [0.2, 0.25) is 0 Å². The molecule has 3 aromatic rings. The van der Waals surface area contributed by atoms with Crippen LogP contribution in [0.3, 0.4) is 0 Å². The number of amides is 1. The number of hydrogen-bond acceptors (Lipinski definition) is 6. The molecule has 0 radical (unpaired) electrons. The molecule has 7 nitrogen and oxygen atoms in total. The SMILES string of the molecule is N#Cc1cccc(C(=O)Nc2noc3ccc(C=NN)cc23)c1. The summed E-state index contributed by atoms with van der Waals surface area (Å²) in [5.41, 5.74) is 2.05. The molecule has 112 valence electrons. The molecule has 1 amide bonds. The van der Waals surface area contributed by atoms with Gasteiger partial charge in [0.2, 0.25) is 0 Å². The predicted molar refractivity (Wildman–Crippen MR) is 84.9 cm³/mol. The van der Waals surface area contributed by atoms with E-state index in [9.17, 15) is 4.79 Å².